The van der Waals surface area contributed by atoms with Gasteiger partial charge in [0.05, 0.1) is 30.6 Å². The lowest BCUT2D eigenvalue weighted by atomic mass is 10.0. The summed E-state index contributed by atoms with van der Waals surface area (Å²) in [5.41, 5.74) is 3.12. The van der Waals surface area contributed by atoms with Crippen LogP contribution in [0.15, 0.2) is 67.0 Å². The molecule has 3 aromatic rings. The maximum absolute atomic E-state index is 5.71. The van der Waals surface area contributed by atoms with E-state index < -0.39 is 0 Å². The lowest BCUT2D eigenvalue weighted by Crippen LogP contribution is -2.36. The molecule has 0 radical (unpaired) electrons. The van der Waals surface area contributed by atoms with Crippen LogP contribution in [0.2, 0.25) is 0 Å². The fourth-order valence-corrected chi connectivity index (χ4v) is 4.37. The molecule has 144 valence electrons. The summed E-state index contributed by atoms with van der Waals surface area (Å²) < 4.78 is 7.79. The lowest BCUT2D eigenvalue weighted by molar-refractivity contribution is 0.262. The summed E-state index contributed by atoms with van der Waals surface area (Å²) in [6.45, 7) is 4.33. The zero-order valence-corrected chi connectivity index (χ0v) is 17.1. The van der Waals surface area contributed by atoms with Crippen molar-refractivity contribution in [1.29, 1.82) is 0 Å². The van der Waals surface area contributed by atoms with Gasteiger partial charge in [-0.25, -0.2) is 0 Å². The van der Waals surface area contributed by atoms with E-state index in [1.165, 1.54) is 0 Å². The highest BCUT2D eigenvalue weighted by molar-refractivity contribution is 7.80. The minimum absolute atomic E-state index is 0.0160. The van der Waals surface area contributed by atoms with Gasteiger partial charge in [0.2, 0.25) is 0 Å². The minimum Gasteiger partial charge on any atom is -0.495 e. The average Bonchev–Trinajstić information content (AvgIpc) is 3.32. The van der Waals surface area contributed by atoms with Crippen molar-refractivity contribution < 1.29 is 4.74 Å². The van der Waals surface area contributed by atoms with Crippen LogP contribution in [-0.4, -0.2) is 32.7 Å². The van der Waals surface area contributed by atoms with Gasteiger partial charge in [0, 0.05) is 24.1 Å². The van der Waals surface area contributed by atoms with Crippen LogP contribution >= 0.6 is 12.2 Å². The van der Waals surface area contributed by atoms with Gasteiger partial charge < -0.3 is 19.5 Å². The van der Waals surface area contributed by atoms with Crippen molar-refractivity contribution in [2.75, 3.05) is 7.11 Å². The van der Waals surface area contributed by atoms with Crippen LogP contribution in [0.25, 0.3) is 5.69 Å². The molecule has 3 heterocycles. The van der Waals surface area contributed by atoms with Crippen LogP contribution in [-0.2, 0) is 0 Å². The molecule has 5 nitrogen and oxygen atoms in total. The first-order chi connectivity index (χ1) is 13.6. The Kier molecular flexibility index (Phi) is 5.05. The molecule has 1 N–H and O–H groups in total. The highest BCUT2D eigenvalue weighted by atomic mass is 32.1. The molecule has 0 unspecified atom stereocenters. The van der Waals surface area contributed by atoms with Gasteiger partial charge in [0.1, 0.15) is 5.75 Å². The van der Waals surface area contributed by atoms with Crippen LogP contribution in [0.1, 0.15) is 37.3 Å². The minimum atomic E-state index is -0.0283. The molecule has 1 aliphatic rings. The van der Waals surface area contributed by atoms with E-state index in [9.17, 15) is 0 Å². The van der Waals surface area contributed by atoms with E-state index in [-0.39, 0.29) is 18.1 Å². The molecule has 0 spiro atoms. The Balaban J connectivity index is 1.86. The molecule has 0 bridgehead atoms. The summed E-state index contributed by atoms with van der Waals surface area (Å²) in [5.74, 6) is 0.832. The van der Waals surface area contributed by atoms with E-state index >= 15 is 0 Å². The maximum Gasteiger partial charge on any atom is 0.170 e. The summed E-state index contributed by atoms with van der Waals surface area (Å²) in [6.07, 6.45) is 3.90. The number of benzene rings is 1. The second-order valence-corrected chi connectivity index (χ2v) is 7.49. The summed E-state index contributed by atoms with van der Waals surface area (Å²) in [5, 5.41) is 4.25. The summed E-state index contributed by atoms with van der Waals surface area (Å²) in [7, 11) is 1.70. The van der Waals surface area contributed by atoms with Gasteiger partial charge in [-0.15, -0.1) is 0 Å². The SMILES string of the molecule is COc1ccccc1-n1cccc1[C@H]1[C@@H](c2ccccn2)NC(=S)N1C(C)C. The number of aromatic nitrogens is 2. The highest BCUT2D eigenvalue weighted by Gasteiger charge is 2.42. The summed E-state index contributed by atoms with van der Waals surface area (Å²) in [6, 6.07) is 18.5. The number of ether oxygens (including phenoxy) is 1. The van der Waals surface area contributed by atoms with Gasteiger partial charge in [-0.3, -0.25) is 4.98 Å². The van der Waals surface area contributed by atoms with E-state index in [4.69, 9.17) is 17.0 Å². The zero-order chi connectivity index (χ0) is 19.7. The number of para-hydroxylation sites is 2. The molecule has 4 rings (SSSR count). The molecule has 1 aromatic carbocycles. The van der Waals surface area contributed by atoms with E-state index in [1.807, 2.05) is 42.6 Å². The summed E-state index contributed by atoms with van der Waals surface area (Å²) in [4.78, 5) is 6.86. The fraction of sp³-hybridized carbons (Fsp3) is 0.273. The predicted molar refractivity (Wildman–Crippen MR) is 115 cm³/mol. The van der Waals surface area contributed by atoms with Crippen molar-refractivity contribution in [2.24, 2.45) is 0 Å². The second-order valence-electron chi connectivity index (χ2n) is 7.10. The van der Waals surface area contributed by atoms with Gasteiger partial charge in [-0.05, 0) is 62.5 Å². The largest absolute Gasteiger partial charge is 0.495 e. The molecule has 2 atom stereocenters. The Morgan fingerprint density at radius 2 is 1.86 bits per heavy atom. The number of methoxy groups -OCH3 is 1. The molecule has 0 amide bonds. The Hall–Kier alpha value is -2.86. The van der Waals surface area contributed by atoms with Crippen LogP contribution in [0.4, 0.5) is 0 Å². The van der Waals surface area contributed by atoms with Crippen LogP contribution in [0, 0.1) is 0 Å². The standard InChI is InChI=1S/C22H24N4OS/c1-15(2)26-21(20(24-22(26)28)16-9-6-7-13-23-16)18-11-8-14-25(18)17-10-4-5-12-19(17)27-3/h4-15,20-21H,1-3H3,(H,24,28)/t20-,21+/m1/s1. The molecule has 2 aromatic heterocycles. The Labute approximate surface area is 171 Å². The first kappa shape index (κ1) is 18.5. The van der Waals surface area contributed by atoms with Crippen LogP contribution in [0.3, 0.4) is 0 Å². The molecular formula is C22H24N4OS. The fourth-order valence-electron chi connectivity index (χ4n) is 3.92. The van der Waals surface area contributed by atoms with Crippen molar-refractivity contribution in [3.63, 3.8) is 0 Å². The number of hydrogen-bond acceptors (Lipinski definition) is 3. The number of hydrogen-bond donors (Lipinski definition) is 1. The van der Waals surface area contributed by atoms with Gasteiger partial charge in [-0.2, -0.15) is 0 Å². The number of pyridine rings is 1. The third kappa shape index (κ3) is 3.14. The van der Waals surface area contributed by atoms with Crippen LogP contribution in [0.5, 0.6) is 5.75 Å². The van der Waals surface area contributed by atoms with E-state index in [2.05, 4.69) is 58.0 Å². The first-order valence-corrected chi connectivity index (χ1v) is 9.83. The smallest absolute Gasteiger partial charge is 0.170 e. The van der Waals surface area contributed by atoms with Crippen molar-refractivity contribution in [2.45, 2.75) is 32.0 Å². The van der Waals surface area contributed by atoms with Crippen molar-refractivity contribution in [1.82, 2.24) is 19.8 Å². The van der Waals surface area contributed by atoms with Gasteiger partial charge >= 0.3 is 0 Å². The Morgan fingerprint density at radius 1 is 1.07 bits per heavy atom. The number of nitrogens with one attached hydrogen (secondary N) is 1. The lowest BCUT2D eigenvalue weighted by Gasteiger charge is -2.32. The number of nitrogens with zero attached hydrogens (tertiary/aromatic N) is 3. The maximum atomic E-state index is 5.71. The Bertz CT molecular complexity index is 969. The number of rotatable bonds is 5. The highest BCUT2D eigenvalue weighted by Crippen LogP contribution is 2.41. The van der Waals surface area contributed by atoms with E-state index in [0.717, 1.165) is 27.9 Å². The average molecular weight is 393 g/mol. The van der Waals surface area contributed by atoms with Crippen molar-refractivity contribution in [3.8, 4) is 11.4 Å². The van der Waals surface area contributed by atoms with Crippen LogP contribution < -0.4 is 10.1 Å². The normalized spacial score (nSPS) is 19.1. The molecule has 1 fully saturated rings. The van der Waals surface area contributed by atoms with Crippen molar-refractivity contribution >= 4 is 17.3 Å². The molecule has 0 aliphatic carbocycles. The molecule has 1 saturated heterocycles. The van der Waals surface area contributed by atoms with Crippen molar-refractivity contribution in [3.05, 3.63) is 78.4 Å². The van der Waals surface area contributed by atoms with Gasteiger partial charge in [0.15, 0.2) is 5.11 Å². The second kappa shape index (κ2) is 7.64. The molecule has 0 saturated carbocycles. The predicted octanol–water partition coefficient (Wildman–Crippen LogP) is 4.26. The molecular weight excluding hydrogens is 368 g/mol. The molecule has 1 aliphatic heterocycles. The third-order valence-electron chi connectivity index (χ3n) is 5.12. The number of thiocarbonyl (C=S) groups is 1. The zero-order valence-electron chi connectivity index (χ0n) is 16.2. The molecule has 28 heavy (non-hydrogen) atoms. The first-order valence-electron chi connectivity index (χ1n) is 9.42. The van der Waals surface area contributed by atoms with Gasteiger partial charge in [-0.1, -0.05) is 18.2 Å². The summed E-state index contributed by atoms with van der Waals surface area (Å²) >= 11 is 5.71. The monoisotopic (exact) mass is 392 g/mol. The van der Waals surface area contributed by atoms with E-state index in [0.29, 0.717) is 0 Å². The van der Waals surface area contributed by atoms with Gasteiger partial charge in [0.25, 0.3) is 0 Å². The third-order valence-corrected chi connectivity index (χ3v) is 5.45. The molecule has 6 heteroatoms. The Morgan fingerprint density at radius 3 is 2.57 bits per heavy atom. The van der Waals surface area contributed by atoms with E-state index in [1.54, 1.807) is 7.11 Å². The topological polar surface area (TPSA) is 42.3 Å². The quantitative estimate of drug-likeness (QED) is 0.657.